The molecule has 0 saturated carbocycles. The molecule has 1 heterocycles. The summed E-state index contributed by atoms with van der Waals surface area (Å²) in [4.78, 5) is 36.7. The van der Waals surface area contributed by atoms with E-state index in [2.05, 4.69) is 34.9 Å². The molecule has 8 nitrogen and oxygen atoms in total. The first-order chi connectivity index (χ1) is 16.9. The maximum absolute atomic E-state index is 12.8. The molecule has 2 aromatic rings. The average Bonchev–Trinajstić information content (AvgIpc) is 3.16. The van der Waals surface area contributed by atoms with Gasteiger partial charge in [0.2, 0.25) is 5.91 Å². The number of fused-ring (bicyclic) bond motifs is 3. The summed E-state index contributed by atoms with van der Waals surface area (Å²) < 4.78 is 10.9. The molecule has 1 aliphatic carbocycles. The van der Waals surface area contributed by atoms with Crippen molar-refractivity contribution in [3.05, 3.63) is 59.7 Å². The normalized spacial score (nSPS) is 17.1. The lowest BCUT2D eigenvalue weighted by molar-refractivity contribution is -0.140. The zero-order valence-corrected chi connectivity index (χ0v) is 19.9. The van der Waals surface area contributed by atoms with E-state index in [4.69, 9.17) is 9.47 Å². The highest BCUT2D eigenvalue weighted by atomic mass is 16.5. The van der Waals surface area contributed by atoms with Gasteiger partial charge in [-0.15, -0.1) is 0 Å². The van der Waals surface area contributed by atoms with Gasteiger partial charge in [0, 0.05) is 31.6 Å². The molecular weight excluding hydrogens is 448 g/mol. The molecule has 2 aromatic carbocycles. The van der Waals surface area contributed by atoms with Crippen molar-refractivity contribution in [2.24, 2.45) is 0 Å². The minimum absolute atomic E-state index is 0.0408. The van der Waals surface area contributed by atoms with Crippen LogP contribution >= 0.6 is 0 Å². The van der Waals surface area contributed by atoms with Crippen LogP contribution in [0.1, 0.15) is 56.1 Å². The number of carbonyl (C=O) groups excluding carboxylic acids is 2. The lowest BCUT2D eigenvalue weighted by Crippen LogP contribution is -2.54. The van der Waals surface area contributed by atoms with Crippen molar-refractivity contribution in [3.8, 4) is 11.1 Å². The van der Waals surface area contributed by atoms with Gasteiger partial charge in [-0.05, 0) is 41.5 Å². The lowest BCUT2D eigenvalue weighted by atomic mass is 9.86. The molecule has 0 spiro atoms. The number of hydrogen-bond acceptors (Lipinski definition) is 5. The molecule has 1 saturated heterocycles. The first kappa shape index (κ1) is 24.7. The van der Waals surface area contributed by atoms with Crippen molar-refractivity contribution >= 4 is 18.0 Å². The predicted molar refractivity (Wildman–Crippen MR) is 130 cm³/mol. The lowest BCUT2D eigenvalue weighted by Gasteiger charge is -2.37. The van der Waals surface area contributed by atoms with Crippen molar-refractivity contribution in [2.75, 3.05) is 19.8 Å². The Morgan fingerprint density at radius 3 is 2.23 bits per heavy atom. The summed E-state index contributed by atoms with van der Waals surface area (Å²) in [5, 5.41) is 15.0. The Balaban J connectivity index is 1.33. The van der Waals surface area contributed by atoms with E-state index < -0.39 is 23.6 Å². The number of alkyl carbamates (subject to hydrolysis) is 1. The number of aliphatic carboxylic acids is 1. The Kier molecular flexibility index (Phi) is 7.70. The third-order valence-corrected chi connectivity index (χ3v) is 6.93. The van der Waals surface area contributed by atoms with E-state index in [9.17, 15) is 19.5 Å². The van der Waals surface area contributed by atoms with Crippen LogP contribution in [0.15, 0.2) is 48.5 Å². The molecular formula is C27H32N2O6. The van der Waals surface area contributed by atoms with E-state index in [0.717, 1.165) is 22.3 Å². The van der Waals surface area contributed by atoms with Crippen LogP contribution in [0.4, 0.5) is 4.79 Å². The highest BCUT2D eigenvalue weighted by Gasteiger charge is 2.37. The fraction of sp³-hybridized carbons (Fsp3) is 0.444. The number of amides is 2. The second-order valence-corrected chi connectivity index (χ2v) is 9.29. The van der Waals surface area contributed by atoms with E-state index >= 15 is 0 Å². The van der Waals surface area contributed by atoms with E-state index in [1.165, 1.54) is 0 Å². The van der Waals surface area contributed by atoms with Crippen LogP contribution in [0.3, 0.4) is 0 Å². The van der Waals surface area contributed by atoms with Crippen LogP contribution in [0.25, 0.3) is 11.1 Å². The fourth-order valence-electron chi connectivity index (χ4n) is 5.07. The van der Waals surface area contributed by atoms with E-state index in [-0.39, 0.29) is 31.3 Å². The first-order valence-corrected chi connectivity index (χ1v) is 12.1. The Labute approximate surface area is 205 Å². The highest BCUT2D eigenvalue weighted by Crippen LogP contribution is 2.44. The molecule has 186 valence electrons. The van der Waals surface area contributed by atoms with E-state index in [1.807, 2.05) is 31.2 Å². The zero-order valence-electron chi connectivity index (χ0n) is 19.9. The summed E-state index contributed by atoms with van der Waals surface area (Å²) in [5.41, 5.74) is 3.76. The van der Waals surface area contributed by atoms with Crippen LogP contribution in [0.2, 0.25) is 0 Å². The molecule has 4 rings (SSSR count). The van der Waals surface area contributed by atoms with Gasteiger partial charge in [-0.3, -0.25) is 9.59 Å². The van der Waals surface area contributed by atoms with Gasteiger partial charge in [0.1, 0.15) is 6.61 Å². The topological polar surface area (TPSA) is 114 Å². The number of nitrogens with one attached hydrogen (secondary N) is 2. The monoisotopic (exact) mass is 480 g/mol. The van der Waals surface area contributed by atoms with Crippen molar-refractivity contribution < 1.29 is 29.0 Å². The Bertz CT molecular complexity index is 1030. The van der Waals surface area contributed by atoms with Gasteiger partial charge in [-0.2, -0.15) is 0 Å². The van der Waals surface area contributed by atoms with Crippen molar-refractivity contribution in [1.82, 2.24) is 10.6 Å². The number of carboxylic acids is 1. The maximum Gasteiger partial charge on any atom is 0.407 e. The Hall–Kier alpha value is -3.39. The minimum Gasteiger partial charge on any atom is -0.481 e. The third-order valence-electron chi connectivity index (χ3n) is 6.93. The molecule has 2 amide bonds. The Morgan fingerprint density at radius 1 is 1.06 bits per heavy atom. The molecule has 0 unspecified atom stereocenters. The molecule has 1 fully saturated rings. The number of carboxylic acid groups (broad SMARTS) is 1. The quantitative estimate of drug-likeness (QED) is 0.503. The van der Waals surface area contributed by atoms with Crippen molar-refractivity contribution in [3.63, 3.8) is 0 Å². The molecule has 0 bridgehead atoms. The van der Waals surface area contributed by atoms with Gasteiger partial charge >= 0.3 is 12.1 Å². The maximum atomic E-state index is 12.8. The summed E-state index contributed by atoms with van der Waals surface area (Å²) in [6.45, 7) is 2.89. The molecule has 8 heteroatoms. The number of benzene rings is 2. The second-order valence-electron chi connectivity index (χ2n) is 9.29. The van der Waals surface area contributed by atoms with Crippen LogP contribution in [0.5, 0.6) is 0 Å². The van der Waals surface area contributed by atoms with Gasteiger partial charge in [0.15, 0.2) is 0 Å². The van der Waals surface area contributed by atoms with Crippen LogP contribution in [-0.2, 0) is 19.1 Å². The summed E-state index contributed by atoms with van der Waals surface area (Å²) in [7, 11) is 0. The van der Waals surface area contributed by atoms with E-state index in [0.29, 0.717) is 32.5 Å². The number of rotatable bonds is 9. The van der Waals surface area contributed by atoms with Gasteiger partial charge in [-0.1, -0.05) is 55.5 Å². The molecule has 1 aliphatic heterocycles. The number of carbonyl (C=O) groups is 3. The molecule has 2 aliphatic rings. The SMILES string of the molecule is CC[C@H](CC(=O)NC1(CC(=O)O)CCOCC1)NC(=O)OCC1c2ccccc2-c2ccccc21. The van der Waals surface area contributed by atoms with Gasteiger partial charge in [0.05, 0.1) is 12.0 Å². The van der Waals surface area contributed by atoms with Crippen LogP contribution in [0, 0.1) is 0 Å². The van der Waals surface area contributed by atoms with Crippen molar-refractivity contribution in [2.45, 2.75) is 56.5 Å². The largest absolute Gasteiger partial charge is 0.481 e. The minimum atomic E-state index is -0.962. The summed E-state index contributed by atoms with van der Waals surface area (Å²) in [6, 6.07) is 15.8. The third kappa shape index (κ3) is 5.82. The number of hydrogen-bond donors (Lipinski definition) is 3. The average molecular weight is 481 g/mol. The fourth-order valence-corrected chi connectivity index (χ4v) is 5.07. The molecule has 1 atom stereocenters. The summed E-state index contributed by atoms with van der Waals surface area (Å²) >= 11 is 0. The van der Waals surface area contributed by atoms with Crippen LogP contribution < -0.4 is 10.6 Å². The van der Waals surface area contributed by atoms with Crippen molar-refractivity contribution in [1.29, 1.82) is 0 Å². The summed E-state index contributed by atoms with van der Waals surface area (Å²) in [6.07, 6.45) is 0.746. The molecule has 3 N–H and O–H groups in total. The molecule has 0 radical (unpaired) electrons. The molecule has 0 aromatic heterocycles. The van der Waals surface area contributed by atoms with Gasteiger partial charge in [-0.25, -0.2) is 4.79 Å². The Morgan fingerprint density at radius 2 is 1.66 bits per heavy atom. The zero-order chi connectivity index (χ0) is 24.8. The summed E-state index contributed by atoms with van der Waals surface area (Å²) in [5.74, 6) is -1.30. The van der Waals surface area contributed by atoms with Gasteiger partial charge < -0.3 is 25.2 Å². The standard InChI is InChI=1S/C27H32N2O6/c1-2-18(15-24(30)29-27(16-25(31)32)11-13-34-14-12-27)28-26(33)35-17-23-21-9-5-3-7-19(21)20-8-4-6-10-22(20)23/h3-10,18,23H,2,11-17H2,1H3,(H,28,33)(H,29,30)(H,31,32)/t18-/m1/s1. The predicted octanol–water partition coefficient (Wildman–Crippen LogP) is 3.83. The van der Waals surface area contributed by atoms with Gasteiger partial charge in [0.25, 0.3) is 0 Å². The van der Waals surface area contributed by atoms with E-state index in [1.54, 1.807) is 0 Å². The highest BCUT2D eigenvalue weighted by molar-refractivity contribution is 5.80. The molecule has 35 heavy (non-hydrogen) atoms. The number of ether oxygens (including phenoxy) is 2. The van der Waals surface area contributed by atoms with Crippen LogP contribution in [-0.4, -0.2) is 54.5 Å². The second kappa shape index (κ2) is 10.9. The first-order valence-electron chi connectivity index (χ1n) is 12.1. The smallest absolute Gasteiger partial charge is 0.407 e.